The van der Waals surface area contributed by atoms with Crippen molar-refractivity contribution >= 4 is 34.5 Å². The summed E-state index contributed by atoms with van der Waals surface area (Å²) in [5.74, 6) is 6.53. The summed E-state index contributed by atoms with van der Waals surface area (Å²) < 4.78 is 6.71. The third-order valence-corrected chi connectivity index (χ3v) is 4.92. The predicted molar refractivity (Wildman–Crippen MR) is 88.4 cm³/mol. The second-order valence-corrected chi connectivity index (χ2v) is 7.03. The van der Waals surface area contributed by atoms with Gasteiger partial charge in [0.05, 0.1) is 21.8 Å². The van der Waals surface area contributed by atoms with E-state index in [0.29, 0.717) is 15.1 Å². The molecule has 0 aliphatic carbocycles. The lowest BCUT2D eigenvalue weighted by atomic mass is 10.0. The molecule has 7 heteroatoms. The Morgan fingerprint density at radius 3 is 2.67 bits per heavy atom. The van der Waals surface area contributed by atoms with Crippen LogP contribution in [0.5, 0.6) is 5.75 Å². The first kappa shape index (κ1) is 16.5. The summed E-state index contributed by atoms with van der Waals surface area (Å²) in [4.78, 5) is 4.49. The highest BCUT2D eigenvalue weighted by molar-refractivity contribution is 7.20. The number of thiophene rings is 1. The molecule has 1 atom stereocenters. The zero-order valence-corrected chi connectivity index (χ0v) is 14.4. The maximum atomic E-state index is 6.20. The van der Waals surface area contributed by atoms with E-state index in [1.54, 1.807) is 13.3 Å². The zero-order valence-electron chi connectivity index (χ0n) is 12.0. The summed E-state index contributed by atoms with van der Waals surface area (Å²) in [7, 11) is 1.66. The highest BCUT2D eigenvalue weighted by Gasteiger charge is 2.20. The average molecular weight is 346 g/mol. The molecule has 0 saturated heterocycles. The molecular weight excluding hydrogens is 329 g/mol. The topological polar surface area (TPSA) is 60.2 Å². The van der Waals surface area contributed by atoms with E-state index in [1.807, 2.05) is 19.9 Å². The van der Waals surface area contributed by atoms with Crippen molar-refractivity contribution < 1.29 is 4.74 Å². The van der Waals surface area contributed by atoms with Crippen LogP contribution in [0.1, 0.15) is 28.4 Å². The van der Waals surface area contributed by atoms with Gasteiger partial charge < -0.3 is 4.74 Å². The third kappa shape index (κ3) is 3.49. The summed E-state index contributed by atoms with van der Waals surface area (Å²) >= 11 is 13.5. The first-order valence-electron chi connectivity index (χ1n) is 6.37. The largest absolute Gasteiger partial charge is 0.496 e. The van der Waals surface area contributed by atoms with Gasteiger partial charge in [-0.05, 0) is 19.9 Å². The van der Waals surface area contributed by atoms with Gasteiger partial charge in [-0.3, -0.25) is 16.3 Å². The molecule has 2 rings (SSSR count). The second kappa shape index (κ2) is 6.94. The molecule has 0 amide bonds. The molecule has 0 radical (unpaired) electrons. The molecule has 0 aromatic carbocycles. The van der Waals surface area contributed by atoms with E-state index < -0.39 is 0 Å². The third-order valence-electron chi connectivity index (χ3n) is 3.41. The van der Waals surface area contributed by atoms with E-state index in [0.717, 1.165) is 28.1 Å². The van der Waals surface area contributed by atoms with E-state index in [4.69, 9.17) is 33.8 Å². The van der Waals surface area contributed by atoms with E-state index >= 15 is 0 Å². The van der Waals surface area contributed by atoms with Crippen molar-refractivity contribution in [3.05, 3.63) is 43.3 Å². The monoisotopic (exact) mass is 345 g/mol. The first-order valence-corrected chi connectivity index (χ1v) is 7.95. The highest BCUT2D eigenvalue weighted by atomic mass is 35.5. The van der Waals surface area contributed by atoms with E-state index in [9.17, 15) is 0 Å². The van der Waals surface area contributed by atoms with Crippen LogP contribution in [0, 0.1) is 13.8 Å². The van der Waals surface area contributed by atoms with Crippen LogP contribution < -0.4 is 16.0 Å². The molecule has 0 spiro atoms. The molecule has 2 heterocycles. The van der Waals surface area contributed by atoms with Crippen molar-refractivity contribution in [1.29, 1.82) is 0 Å². The molecule has 0 saturated carbocycles. The Morgan fingerprint density at radius 1 is 1.43 bits per heavy atom. The number of hydrogen-bond donors (Lipinski definition) is 2. The summed E-state index contributed by atoms with van der Waals surface area (Å²) in [6, 6.07) is 1.68. The van der Waals surface area contributed by atoms with Crippen LogP contribution in [0.2, 0.25) is 8.67 Å². The van der Waals surface area contributed by atoms with Crippen LogP contribution >= 0.6 is 34.5 Å². The van der Waals surface area contributed by atoms with Gasteiger partial charge in [-0.25, -0.2) is 0 Å². The van der Waals surface area contributed by atoms with E-state index in [1.165, 1.54) is 11.3 Å². The van der Waals surface area contributed by atoms with Crippen LogP contribution in [-0.4, -0.2) is 12.1 Å². The van der Waals surface area contributed by atoms with E-state index in [2.05, 4.69) is 10.4 Å². The number of methoxy groups -OCH3 is 1. The number of nitrogens with one attached hydrogen (secondary N) is 1. The van der Waals surface area contributed by atoms with Crippen LogP contribution in [-0.2, 0) is 6.42 Å². The van der Waals surface area contributed by atoms with Crippen molar-refractivity contribution in [1.82, 2.24) is 10.4 Å². The Bertz CT molecular complexity index is 645. The Balaban J connectivity index is 2.33. The Labute approximate surface area is 138 Å². The zero-order chi connectivity index (χ0) is 15.6. The predicted octanol–water partition coefficient (Wildman–Crippen LogP) is 3.82. The molecule has 4 nitrogen and oxygen atoms in total. The number of rotatable bonds is 5. The molecule has 1 unspecified atom stereocenters. The number of aryl methyl sites for hydroxylation is 1. The quantitative estimate of drug-likeness (QED) is 0.638. The molecule has 114 valence electrons. The fraction of sp³-hybridized carbons (Fsp3) is 0.357. The minimum atomic E-state index is -0.153. The van der Waals surface area contributed by atoms with Gasteiger partial charge in [-0.2, -0.15) is 0 Å². The molecule has 2 aromatic rings. The van der Waals surface area contributed by atoms with Crippen LogP contribution in [0.4, 0.5) is 0 Å². The van der Waals surface area contributed by atoms with Gasteiger partial charge in [0, 0.05) is 35.0 Å². The summed E-state index contributed by atoms with van der Waals surface area (Å²) in [6.45, 7) is 3.96. The summed E-state index contributed by atoms with van der Waals surface area (Å²) in [6.07, 6.45) is 2.41. The van der Waals surface area contributed by atoms with Gasteiger partial charge in [-0.1, -0.05) is 23.2 Å². The van der Waals surface area contributed by atoms with Crippen molar-refractivity contribution in [2.24, 2.45) is 5.84 Å². The van der Waals surface area contributed by atoms with Gasteiger partial charge in [-0.15, -0.1) is 11.3 Å². The van der Waals surface area contributed by atoms with Crippen molar-refractivity contribution in [3.8, 4) is 5.75 Å². The van der Waals surface area contributed by atoms with Crippen LogP contribution in [0.25, 0.3) is 0 Å². The molecule has 0 aliphatic rings. The molecule has 2 aromatic heterocycles. The van der Waals surface area contributed by atoms with Crippen LogP contribution in [0.3, 0.4) is 0 Å². The fourth-order valence-corrected chi connectivity index (χ4v) is 3.90. The summed E-state index contributed by atoms with van der Waals surface area (Å²) in [5, 5.41) is 0. The standard InChI is InChI=1S/C14H17Cl2N3OS/c1-7-6-18-10(8(2)13(7)20-3)5-11(19-17)9-4-12(15)21-14(9)16/h4,6,11,19H,5,17H2,1-3H3. The van der Waals surface area contributed by atoms with Crippen molar-refractivity contribution in [3.63, 3.8) is 0 Å². The minimum Gasteiger partial charge on any atom is -0.496 e. The van der Waals surface area contributed by atoms with Gasteiger partial charge in [0.15, 0.2) is 0 Å². The van der Waals surface area contributed by atoms with Crippen molar-refractivity contribution in [2.75, 3.05) is 7.11 Å². The number of halogens is 2. The first-order chi connectivity index (χ1) is 9.97. The van der Waals surface area contributed by atoms with Crippen LogP contribution in [0.15, 0.2) is 12.3 Å². The molecule has 0 bridgehead atoms. The lowest BCUT2D eigenvalue weighted by molar-refractivity contribution is 0.406. The average Bonchev–Trinajstić information content (AvgIpc) is 2.77. The normalized spacial score (nSPS) is 12.5. The lowest BCUT2D eigenvalue weighted by Gasteiger charge is -2.18. The highest BCUT2D eigenvalue weighted by Crippen LogP contribution is 2.36. The molecule has 0 aliphatic heterocycles. The van der Waals surface area contributed by atoms with Gasteiger partial charge in [0.25, 0.3) is 0 Å². The number of hydrogen-bond acceptors (Lipinski definition) is 5. The van der Waals surface area contributed by atoms with Crippen molar-refractivity contribution in [2.45, 2.75) is 26.3 Å². The fourth-order valence-electron chi connectivity index (χ4n) is 2.32. The van der Waals surface area contributed by atoms with E-state index in [-0.39, 0.29) is 6.04 Å². The number of nitrogens with two attached hydrogens (primary N) is 1. The molecular formula is C14H17Cl2N3OS. The number of ether oxygens (including phenoxy) is 1. The maximum absolute atomic E-state index is 6.20. The molecule has 3 N–H and O–H groups in total. The number of hydrazine groups is 1. The number of nitrogens with zero attached hydrogens (tertiary/aromatic N) is 1. The SMILES string of the molecule is COc1c(C)cnc(CC(NN)c2cc(Cl)sc2Cl)c1C. The Hall–Kier alpha value is -0.850. The number of pyridine rings is 1. The second-order valence-electron chi connectivity index (χ2n) is 4.75. The number of aromatic nitrogens is 1. The van der Waals surface area contributed by atoms with Gasteiger partial charge in [0.1, 0.15) is 5.75 Å². The smallest absolute Gasteiger partial charge is 0.128 e. The molecule has 21 heavy (non-hydrogen) atoms. The van der Waals surface area contributed by atoms with Gasteiger partial charge >= 0.3 is 0 Å². The maximum Gasteiger partial charge on any atom is 0.128 e. The van der Waals surface area contributed by atoms with Gasteiger partial charge in [0.2, 0.25) is 0 Å². The lowest BCUT2D eigenvalue weighted by Crippen LogP contribution is -2.30. The molecule has 0 fully saturated rings. The Morgan fingerprint density at radius 2 is 2.14 bits per heavy atom. The Kier molecular flexibility index (Phi) is 5.46. The minimum absolute atomic E-state index is 0.153. The summed E-state index contributed by atoms with van der Waals surface area (Å²) in [5.41, 5.74) is 6.60.